The van der Waals surface area contributed by atoms with Crippen LogP contribution in [0.5, 0.6) is 5.75 Å². The van der Waals surface area contributed by atoms with Crippen molar-refractivity contribution >= 4 is 27.4 Å². The van der Waals surface area contributed by atoms with E-state index in [0.29, 0.717) is 9.88 Å². The van der Waals surface area contributed by atoms with Gasteiger partial charge in [-0.05, 0) is 24.1 Å². The molecule has 0 aliphatic carbocycles. The van der Waals surface area contributed by atoms with Crippen molar-refractivity contribution in [3.05, 3.63) is 29.6 Å². The van der Waals surface area contributed by atoms with Gasteiger partial charge in [0.15, 0.2) is 5.82 Å². The standard InChI is InChI=1S/C15H16F3N3O4S/c16-12(17)4-1-9-5-8(6-19-9)10-2-3-11(22)15(14(10)18)21-7-13(23)20-26(21,24)25/h2-3,5,9,12,19,22H,1,4,6-7H2,(H,20,23). The number of nitrogens with one attached hydrogen (secondary N) is 2. The van der Waals surface area contributed by atoms with Crippen molar-refractivity contribution in [1.82, 2.24) is 10.0 Å². The molecule has 7 nitrogen and oxygen atoms in total. The summed E-state index contributed by atoms with van der Waals surface area (Å²) in [6.07, 6.45) is -0.961. The Morgan fingerprint density at radius 1 is 1.35 bits per heavy atom. The number of aromatic hydroxyl groups is 1. The van der Waals surface area contributed by atoms with Gasteiger partial charge in [0.25, 0.3) is 5.91 Å². The summed E-state index contributed by atoms with van der Waals surface area (Å²) >= 11 is 0. The number of hydrogen-bond donors (Lipinski definition) is 3. The maximum absolute atomic E-state index is 15.0. The van der Waals surface area contributed by atoms with Crippen molar-refractivity contribution in [3.8, 4) is 5.75 Å². The van der Waals surface area contributed by atoms with Crippen molar-refractivity contribution in [3.63, 3.8) is 0 Å². The number of amides is 1. The van der Waals surface area contributed by atoms with Gasteiger partial charge in [0.2, 0.25) is 6.43 Å². The first-order valence-electron chi connectivity index (χ1n) is 7.76. The SMILES string of the molecule is O=C1CN(c2c(O)ccc(C3=CC(CCC(F)F)NC3)c2F)S(=O)(=O)N1. The van der Waals surface area contributed by atoms with Crippen molar-refractivity contribution in [2.75, 3.05) is 17.4 Å². The van der Waals surface area contributed by atoms with Gasteiger partial charge in [-0.25, -0.2) is 22.2 Å². The Kier molecular flexibility index (Phi) is 4.84. The Morgan fingerprint density at radius 3 is 2.69 bits per heavy atom. The molecule has 142 valence electrons. The predicted octanol–water partition coefficient (Wildman–Crippen LogP) is 1.11. The van der Waals surface area contributed by atoms with E-state index >= 15 is 0 Å². The highest BCUT2D eigenvalue weighted by Gasteiger charge is 2.38. The molecular formula is C15H16F3N3O4S. The van der Waals surface area contributed by atoms with Crippen LogP contribution in [0.3, 0.4) is 0 Å². The molecule has 0 spiro atoms. The summed E-state index contributed by atoms with van der Waals surface area (Å²) in [5.41, 5.74) is -0.143. The Labute approximate surface area is 147 Å². The van der Waals surface area contributed by atoms with Crippen molar-refractivity contribution < 1.29 is 31.5 Å². The monoisotopic (exact) mass is 391 g/mol. The second kappa shape index (κ2) is 6.80. The summed E-state index contributed by atoms with van der Waals surface area (Å²) in [5, 5.41) is 12.9. The van der Waals surface area contributed by atoms with Gasteiger partial charge < -0.3 is 10.4 Å². The van der Waals surface area contributed by atoms with Crippen LogP contribution < -0.4 is 14.3 Å². The van der Waals surface area contributed by atoms with E-state index in [2.05, 4.69) is 5.32 Å². The first-order valence-corrected chi connectivity index (χ1v) is 9.20. The molecule has 1 aromatic rings. The number of carbonyl (C=O) groups is 1. The number of anilines is 1. The van der Waals surface area contributed by atoms with Gasteiger partial charge in [-0.2, -0.15) is 8.42 Å². The molecule has 0 bridgehead atoms. The lowest BCUT2D eigenvalue weighted by Gasteiger charge is -2.18. The summed E-state index contributed by atoms with van der Waals surface area (Å²) in [5.74, 6) is -2.48. The Hall–Kier alpha value is -2.27. The summed E-state index contributed by atoms with van der Waals surface area (Å²) in [6.45, 7) is -0.441. The van der Waals surface area contributed by atoms with Gasteiger partial charge in [0, 0.05) is 24.6 Å². The van der Waals surface area contributed by atoms with Crippen LogP contribution in [0.15, 0.2) is 18.2 Å². The van der Waals surface area contributed by atoms with E-state index in [1.807, 2.05) is 0 Å². The zero-order chi connectivity index (χ0) is 19.1. The number of phenols is 1. The van der Waals surface area contributed by atoms with E-state index in [0.717, 1.165) is 6.07 Å². The minimum absolute atomic E-state index is 0.0272. The average Bonchev–Trinajstić information content (AvgIpc) is 3.09. The zero-order valence-corrected chi connectivity index (χ0v) is 14.2. The summed E-state index contributed by atoms with van der Waals surface area (Å²) in [4.78, 5) is 11.4. The maximum atomic E-state index is 15.0. The van der Waals surface area contributed by atoms with Crippen molar-refractivity contribution in [2.24, 2.45) is 0 Å². The third-order valence-electron chi connectivity index (χ3n) is 4.16. The first kappa shape index (κ1) is 18.5. The Morgan fingerprint density at radius 2 is 2.08 bits per heavy atom. The minimum atomic E-state index is -4.29. The van der Waals surface area contributed by atoms with Crippen LogP contribution in [-0.4, -0.2) is 45.0 Å². The van der Waals surface area contributed by atoms with Crippen LogP contribution >= 0.6 is 0 Å². The molecule has 3 N–H and O–H groups in total. The first-order chi connectivity index (χ1) is 12.2. The van der Waals surface area contributed by atoms with E-state index < -0.39 is 46.3 Å². The molecule has 11 heteroatoms. The number of alkyl halides is 2. The minimum Gasteiger partial charge on any atom is -0.506 e. The van der Waals surface area contributed by atoms with E-state index in [1.165, 1.54) is 6.07 Å². The molecule has 2 aliphatic rings. The third-order valence-corrected chi connectivity index (χ3v) is 5.54. The predicted molar refractivity (Wildman–Crippen MR) is 87.5 cm³/mol. The lowest BCUT2D eigenvalue weighted by atomic mass is 10.0. The Bertz CT molecular complexity index is 873. The fourth-order valence-electron chi connectivity index (χ4n) is 2.96. The number of benzene rings is 1. The third kappa shape index (κ3) is 3.49. The molecule has 0 radical (unpaired) electrons. The van der Waals surface area contributed by atoms with E-state index in [9.17, 15) is 31.5 Å². The smallest absolute Gasteiger partial charge is 0.326 e. The quantitative estimate of drug-likeness (QED) is 0.699. The molecule has 1 unspecified atom stereocenters. The number of rotatable bonds is 5. The lowest BCUT2D eigenvalue weighted by molar-refractivity contribution is -0.117. The number of hydrogen-bond acceptors (Lipinski definition) is 5. The molecular weight excluding hydrogens is 375 g/mol. The lowest BCUT2D eigenvalue weighted by Crippen LogP contribution is -2.30. The second-order valence-electron chi connectivity index (χ2n) is 5.98. The van der Waals surface area contributed by atoms with Crippen LogP contribution in [-0.2, 0) is 15.0 Å². The summed E-state index contributed by atoms with van der Waals surface area (Å²) < 4.78 is 65.6. The molecule has 1 amide bonds. The van der Waals surface area contributed by atoms with Gasteiger partial charge in [0.05, 0.1) is 0 Å². The van der Waals surface area contributed by atoms with Crippen molar-refractivity contribution in [1.29, 1.82) is 0 Å². The van der Waals surface area contributed by atoms with Crippen LogP contribution in [0.25, 0.3) is 5.57 Å². The number of halogens is 3. The Balaban J connectivity index is 1.94. The van der Waals surface area contributed by atoms with Gasteiger partial charge in [-0.1, -0.05) is 6.08 Å². The molecule has 1 fully saturated rings. The molecule has 3 rings (SSSR count). The van der Waals surface area contributed by atoms with Gasteiger partial charge in [0.1, 0.15) is 18.0 Å². The molecule has 2 heterocycles. The number of carbonyl (C=O) groups excluding carboxylic acids is 1. The number of nitrogens with zero attached hydrogens (tertiary/aromatic N) is 1. The fourth-order valence-corrected chi connectivity index (χ4v) is 4.13. The second-order valence-corrected chi connectivity index (χ2v) is 7.57. The molecule has 0 aromatic heterocycles. The summed E-state index contributed by atoms with van der Waals surface area (Å²) in [7, 11) is -4.29. The maximum Gasteiger partial charge on any atom is 0.326 e. The van der Waals surface area contributed by atoms with E-state index in [4.69, 9.17) is 0 Å². The highest BCUT2D eigenvalue weighted by Crippen LogP contribution is 2.37. The normalized spacial score (nSPS) is 22.0. The largest absolute Gasteiger partial charge is 0.506 e. The van der Waals surface area contributed by atoms with Crippen LogP contribution in [0, 0.1) is 5.82 Å². The topological polar surface area (TPSA) is 98.7 Å². The van der Waals surface area contributed by atoms with Crippen molar-refractivity contribution in [2.45, 2.75) is 25.3 Å². The molecule has 1 saturated heterocycles. The number of phenolic OH excluding ortho intramolecular Hbond substituents is 1. The van der Waals surface area contributed by atoms with Crippen LogP contribution in [0.1, 0.15) is 18.4 Å². The molecule has 1 atom stereocenters. The average molecular weight is 391 g/mol. The molecule has 0 saturated carbocycles. The van der Waals surface area contributed by atoms with Gasteiger partial charge in [-0.3, -0.25) is 4.79 Å². The fraction of sp³-hybridized carbons (Fsp3) is 0.400. The highest BCUT2D eigenvalue weighted by molar-refractivity contribution is 7.92. The molecule has 26 heavy (non-hydrogen) atoms. The van der Waals surface area contributed by atoms with E-state index in [1.54, 1.807) is 10.8 Å². The van der Waals surface area contributed by atoms with Crippen LogP contribution in [0.4, 0.5) is 18.9 Å². The molecule has 2 aliphatic heterocycles. The van der Waals surface area contributed by atoms with Gasteiger partial charge >= 0.3 is 10.2 Å². The van der Waals surface area contributed by atoms with Crippen LogP contribution in [0.2, 0.25) is 0 Å². The molecule has 1 aromatic carbocycles. The van der Waals surface area contributed by atoms with E-state index in [-0.39, 0.29) is 31.0 Å². The highest BCUT2D eigenvalue weighted by atomic mass is 32.2. The summed E-state index contributed by atoms with van der Waals surface area (Å²) in [6, 6.07) is 2.04. The van der Waals surface area contributed by atoms with Gasteiger partial charge in [-0.15, -0.1) is 0 Å². The zero-order valence-electron chi connectivity index (χ0n) is 13.4.